The average molecular weight is 318 g/mol. The lowest BCUT2D eigenvalue weighted by Gasteiger charge is -2.04. The highest BCUT2D eigenvalue weighted by Gasteiger charge is 2.27. The summed E-state index contributed by atoms with van der Waals surface area (Å²) in [5.74, 6) is -2.75. The number of hydrogen-bond donors (Lipinski definition) is 1. The van der Waals surface area contributed by atoms with E-state index in [0.717, 1.165) is 6.07 Å². The van der Waals surface area contributed by atoms with Crippen LogP contribution in [0.3, 0.4) is 0 Å². The molecule has 0 fully saturated rings. The van der Waals surface area contributed by atoms with Gasteiger partial charge in [-0.3, -0.25) is 0 Å². The van der Waals surface area contributed by atoms with Crippen LogP contribution < -0.4 is 0 Å². The van der Waals surface area contributed by atoms with Crippen molar-refractivity contribution in [2.24, 2.45) is 0 Å². The minimum Gasteiger partial charge on any atom is -0.505 e. The Morgan fingerprint density at radius 3 is 2.52 bits per heavy atom. The number of phenols is 1. The highest BCUT2D eigenvalue weighted by atomic mass is 19.1. The third kappa shape index (κ3) is 2.52. The number of rotatable bonds is 3. The lowest BCUT2D eigenvalue weighted by Crippen LogP contribution is -2.06. The number of halogens is 2. The topological polar surface area (TPSA) is 59.7 Å². The van der Waals surface area contributed by atoms with Gasteiger partial charge in [-0.1, -0.05) is 0 Å². The first-order valence-electron chi connectivity index (χ1n) is 6.90. The van der Waals surface area contributed by atoms with Gasteiger partial charge in [0, 0.05) is 5.56 Å². The third-order valence-corrected chi connectivity index (χ3v) is 3.36. The molecule has 0 unspecified atom stereocenters. The van der Waals surface area contributed by atoms with Crippen molar-refractivity contribution in [3.8, 4) is 17.1 Å². The Kier molecular flexibility index (Phi) is 3.73. The zero-order chi connectivity index (χ0) is 16.6. The van der Waals surface area contributed by atoms with Gasteiger partial charge in [0.05, 0.1) is 12.0 Å². The molecule has 1 aromatic heterocycles. The zero-order valence-corrected chi connectivity index (χ0v) is 12.1. The molecule has 0 saturated carbocycles. The number of phenolic OH excluding ortho intramolecular Hbond substituents is 1. The largest absolute Gasteiger partial charge is 0.505 e. The van der Waals surface area contributed by atoms with Crippen LogP contribution in [0.25, 0.3) is 22.3 Å². The van der Waals surface area contributed by atoms with Crippen molar-refractivity contribution in [2.45, 2.75) is 6.92 Å². The van der Waals surface area contributed by atoms with Crippen LogP contribution in [0.1, 0.15) is 17.3 Å². The van der Waals surface area contributed by atoms with Crippen molar-refractivity contribution in [1.82, 2.24) is 0 Å². The van der Waals surface area contributed by atoms with Gasteiger partial charge in [0.1, 0.15) is 22.7 Å². The number of ether oxygens (including phenoxy) is 1. The number of furan rings is 1. The Morgan fingerprint density at radius 2 is 1.87 bits per heavy atom. The summed E-state index contributed by atoms with van der Waals surface area (Å²) in [5.41, 5.74) is 0.342. The Morgan fingerprint density at radius 1 is 1.17 bits per heavy atom. The molecule has 0 amide bonds. The van der Waals surface area contributed by atoms with Crippen LogP contribution in [0.5, 0.6) is 5.75 Å². The van der Waals surface area contributed by atoms with E-state index in [1.54, 1.807) is 6.92 Å². The summed E-state index contributed by atoms with van der Waals surface area (Å²) in [6.07, 6.45) is 0. The normalized spacial score (nSPS) is 10.9. The maximum Gasteiger partial charge on any atom is 0.342 e. The fourth-order valence-electron chi connectivity index (χ4n) is 2.34. The van der Waals surface area contributed by atoms with Crippen LogP contribution in [0.2, 0.25) is 0 Å². The highest BCUT2D eigenvalue weighted by Crippen LogP contribution is 2.38. The van der Waals surface area contributed by atoms with Gasteiger partial charge in [0.15, 0.2) is 11.6 Å². The van der Waals surface area contributed by atoms with Gasteiger partial charge >= 0.3 is 5.97 Å². The van der Waals surface area contributed by atoms with Crippen LogP contribution in [-0.2, 0) is 4.74 Å². The van der Waals surface area contributed by atoms with E-state index in [2.05, 4.69) is 0 Å². The molecule has 0 atom stereocenters. The van der Waals surface area contributed by atoms with Crippen molar-refractivity contribution in [3.05, 3.63) is 53.6 Å². The Balaban J connectivity index is 2.32. The summed E-state index contributed by atoms with van der Waals surface area (Å²) in [5, 5.41) is 9.39. The van der Waals surface area contributed by atoms with Crippen LogP contribution in [0, 0.1) is 11.6 Å². The number of esters is 1. The lowest BCUT2D eigenvalue weighted by molar-refractivity contribution is 0.0528. The minimum absolute atomic E-state index is 0.0583. The lowest BCUT2D eigenvalue weighted by atomic mass is 10.0. The van der Waals surface area contributed by atoms with Gasteiger partial charge in [-0.25, -0.2) is 13.6 Å². The molecule has 3 aromatic rings. The fraction of sp³-hybridized carbons (Fsp3) is 0.118. The monoisotopic (exact) mass is 318 g/mol. The molecule has 23 heavy (non-hydrogen) atoms. The first kappa shape index (κ1) is 15.0. The quantitative estimate of drug-likeness (QED) is 0.733. The number of hydrogen-bond acceptors (Lipinski definition) is 4. The minimum atomic E-state index is -0.970. The number of benzene rings is 2. The number of carbonyl (C=O) groups excluding carboxylic acids is 1. The molecule has 0 aliphatic rings. The number of carbonyl (C=O) groups is 1. The van der Waals surface area contributed by atoms with E-state index in [1.165, 1.54) is 30.3 Å². The molecule has 118 valence electrons. The van der Waals surface area contributed by atoms with E-state index >= 15 is 0 Å². The second-order valence-corrected chi connectivity index (χ2v) is 4.81. The van der Waals surface area contributed by atoms with Gasteiger partial charge < -0.3 is 14.3 Å². The van der Waals surface area contributed by atoms with E-state index < -0.39 is 23.4 Å². The summed E-state index contributed by atoms with van der Waals surface area (Å²) in [7, 11) is 0. The molecule has 1 N–H and O–H groups in total. The molecule has 0 saturated heterocycles. The molecule has 2 aromatic carbocycles. The van der Waals surface area contributed by atoms with E-state index in [0.29, 0.717) is 5.56 Å². The molecule has 1 heterocycles. The van der Waals surface area contributed by atoms with E-state index in [1.807, 2.05) is 0 Å². The van der Waals surface area contributed by atoms with Gasteiger partial charge in [0.25, 0.3) is 0 Å². The Hall–Kier alpha value is -2.89. The summed E-state index contributed by atoms with van der Waals surface area (Å²) in [6, 6.07) is 7.70. The van der Waals surface area contributed by atoms with E-state index in [-0.39, 0.29) is 28.9 Å². The number of fused-ring (bicyclic) bond motifs is 1. The smallest absolute Gasteiger partial charge is 0.342 e. The predicted octanol–water partition coefficient (Wildman–Crippen LogP) is 4.26. The molecular weight excluding hydrogens is 306 g/mol. The second kappa shape index (κ2) is 5.72. The average Bonchev–Trinajstić information content (AvgIpc) is 2.92. The molecule has 6 heteroatoms. The van der Waals surface area contributed by atoms with E-state index in [9.17, 15) is 18.7 Å². The summed E-state index contributed by atoms with van der Waals surface area (Å²) >= 11 is 0. The van der Waals surface area contributed by atoms with Gasteiger partial charge in [0.2, 0.25) is 0 Å². The van der Waals surface area contributed by atoms with Crippen molar-refractivity contribution >= 4 is 16.9 Å². The van der Waals surface area contributed by atoms with Gasteiger partial charge in [-0.05, 0) is 43.3 Å². The Labute approximate surface area is 129 Å². The van der Waals surface area contributed by atoms with Gasteiger partial charge in [-0.15, -0.1) is 0 Å². The first-order chi connectivity index (χ1) is 11.0. The van der Waals surface area contributed by atoms with Crippen molar-refractivity contribution in [3.63, 3.8) is 0 Å². The first-order valence-corrected chi connectivity index (χ1v) is 6.90. The van der Waals surface area contributed by atoms with Crippen molar-refractivity contribution in [1.29, 1.82) is 0 Å². The molecule has 0 spiro atoms. The molecule has 3 rings (SSSR count). The Bertz CT molecular complexity index is 882. The molecule has 0 aliphatic carbocycles. The van der Waals surface area contributed by atoms with E-state index in [4.69, 9.17) is 9.15 Å². The number of aromatic hydroxyl groups is 1. The van der Waals surface area contributed by atoms with Crippen LogP contribution >= 0.6 is 0 Å². The molecular formula is C17H12F2O4. The van der Waals surface area contributed by atoms with Gasteiger partial charge in [-0.2, -0.15) is 0 Å². The zero-order valence-electron chi connectivity index (χ0n) is 12.1. The van der Waals surface area contributed by atoms with Crippen molar-refractivity contribution < 1.29 is 27.8 Å². The maximum atomic E-state index is 14.3. The SMILES string of the molecule is CCOC(=O)c1c(-c2ccc(F)cc2)oc2ccc(O)c(F)c12. The molecule has 0 radical (unpaired) electrons. The van der Waals surface area contributed by atoms with Crippen LogP contribution in [0.4, 0.5) is 8.78 Å². The fourth-order valence-corrected chi connectivity index (χ4v) is 2.34. The molecule has 0 bridgehead atoms. The molecule has 4 nitrogen and oxygen atoms in total. The van der Waals surface area contributed by atoms with Crippen molar-refractivity contribution in [2.75, 3.05) is 6.61 Å². The van der Waals surface area contributed by atoms with Crippen LogP contribution in [-0.4, -0.2) is 17.7 Å². The van der Waals surface area contributed by atoms with Crippen LogP contribution in [0.15, 0.2) is 40.8 Å². The maximum absolute atomic E-state index is 14.3. The third-order valence-electron chi connectivity index (χ3n) is 3.36. The summed E-state index contributed by atoms with van der Waals surface area (Å²) in [4.78, 5) is 12.2. The molecule has 0 aliphatic heterocycles. The summed E-state index contributed by atoms with van der Waals surface area (Å²) < 4.78 is 37.9. The second-order valence-electron chi connectivity index (χ2n) is 4.81. The standard InChI is InChI=1S/C17H12F2O4/c1-2-22-17(21)14-13-12(8-7-11(20)15(13)19)23-16(14)9-3-5-10(18)6-4-9/h3-8,20H,2H2,1H3. The summed E-state index contributed by atoms with van der Waals surface area (Å²) in [6.45, 7) is 1.71. The predicted molar refractivity (Wildman–Crippen MR) is 79.2 cm³/mol. The highest BCUT2D eigenvalue weighted by molar-refractivity contribution is 6.09.